The van der Waals surface area contributed by atoms with Crippen molar-refractivity contribution in [1.82, 2.24) is 0 Å². The lowest BCUT2D eigenvalue weighted by Gasteiger charge is -2.29. The molecule has 0 heterocycles. The number of hydrogen-bond acceptors (Lipinski definition) is 2. The highest BCUT2D eigenvalue weighted by Gasteiger charge is 2.40. The molecule has 2 atom stereocenters. The molecule has 0 fully saturated rings. The number of benzene rings is 2. The number of halogens is 3. The minimum atomic E-state index is -3.14. The van der Waals surface area contributed by atoms with Gasteiger partial charge in [0.25, 0.3) is 0 Å². The van der Waals surface area contributed by atoms with Gasteiger partial charge >= 0.3 is 0 Å². The molecule has 2 nitrogen and oxygen atoms in total. The van der Waals surface area contributed by atoms with E-state index in [1.165, 1.54) is 0 Å². The van der Waals surface area contributed by atoms with Crippen molar-refractivity contribution in [3.8, 4) is 0 Å². The van der Waals surface area contributed by atoms with Crippen molar-refractivity contribution in [3.05, 3.63) is 65.7 Å². The molecule has 0 saturated carbocycles. The van der Waals surface area contributed by atoms with Crippen LogP contribution in [0.3, 0.4) is 0 Å². The lowest BCUT2D eigenvalue weighted by molar-refractivity contribution is 0.217. The maximum atomic E-state index is 13.3. The molecular formula is C17H18Cl3O2P. The van der Waals surface area contributed by atoms with Crippen LogP contribution >= 0.6 is 42.2 Å². The van der Waals surface area contributed by atoms with Crippen LogP contribution in [0.2, 0.25) is 0 Å². The van der Waals surface area contributed by atoms with Gasteiger partial charge in [-0.15, -0.1) is 0 Å². The summed E-state index contributed by atoms with van der Waals surface area (Å²) in [6.45, 7) is 3.77. The Hall–Kier alpha value is -0.500. The van der Waals surface area contributed by atoms with E-state index < -0.39 is 17.3 Å². The fourth-order valence-corrected chi connectivity index (χ4v) is 4.76. The summed E-state index contributed by atoms with van der Waals surface area (Å²) in [6.07, 6.45) is -0.596. The molecule has 0 bridgehead atoms. The number of aryl methyl sites for hydroxylation is 1. The second-order valence-corrected chi connectivity index (χ2v) is 10.3. The maximum Gasteiger partial charge on any atom is 0.232 e. The quantitative estimate of drug-likeness (QED) is 0.458. The predicted molar refractivity (Wildman–Crippen MR) is 99.5 cm³/mol. The summed E-state index contributed by atoms with van der Waals surface area (Å²) >= 11 is 18.3. The predicted octanol–water partition coefficient (Wildman–Crippen LogP) is 6.05. The SMILES string of the molecule is CCP(=O)(OC(c1ccccc1)C(Cl)(Cl)Cl)c1ccc(C)cc1. The largest absolute Gasteiger partial charge is 0.313 e. The molecule has 0 amide bonds. The van der Waals surface area contributed by atoms with E-state index in [-0.39, 0.29) is 0 Å². The maximum absolute atomic E-state index is 13.3. The summed E-state index contributed by atoms with van der Waals surface area (Å²) in [4.78, 5) is 0. The third-order valence-electron chi connectivity index (χ3n) is 3.52. The highest BCUT2D eigenvalue weighted by Crippen LogP contribution is 2.55. The van der Waals surface area contributed by atoms with E-state index in [1.54, 1.807) is 31.2 Å². The van der Waals surface area contributed by atoms with Crippen molar-refractivity contribution in [2.24, 2.45) is 0 Å². The molecule has 23 heavy (non-hydrogen) atoms. The summed E-state index contributed by atoms with van der Waals surface area (Å²) < 4.78 is 17.5. The molecule has 0 aliphatic rings. The topological polar surface area (TPSA) is 26.3 Å². The summed E-state index contributed by atoms with van der Waals surface area (Å²) in [7, 11) is -3.14. The molecule has 2 aromatic rings. The first-order chi connectivity index (χ1) is 10.8. The molecule has 0 aromatic heterocycles. The zero-order valence-electron chi connectivity index (χ0n) is 12.9. The Morgan fingerprint density at radius 1 is 1.04 bits per heavy atom. The minimum Gasteiger partial charge on any atom is -0.313 e. The van der Waals surface area contributed by atoms with Gasteiger partial charge in [0.2, 0.25) is 11.2 Å². The molecule has 0 aliphatic heterocycles. The van der Waals surface area contributed by atoms with E-state index >= 15 is 0 Å². The molecule has 124 valence electrons. The fraction of sp³-hybridized carbons (Fsp3) is 0.294. The van der Waals surface area contributed by atoms with Gasteiger partial charge in [-0.1, -0.05) is 89.8 Å². The summed E-state index contributed by atoms with van der Waals surface area (Å²) in [5.74, 6) is 0. The summed E-state index contributed by atoms with van der Waals surface area (Å²) in [6, 6.07) is 16.5. The average Bonchev–Trinajstić information content (AvgIpc) is 2.53. The normalized spacial score (nSPS) is 15.9. The zero-order chi connectivity index (χ0) is 17.1. The van der Waals surface area contributed by atoms with Crippen molar-refractivity contribution in [2.75, 3.05) is 6.16 Å². The van der Waals surface area contributed by atoms with Gasteiger partial charge in [0.1, 0.15) is 6.10 Å². The molecule has 2 unspecified atom stereocenters. The van der Waals surface area contributed by atoms with Gasteiger partial charge in [-0.05, 0) is 24.6 Å². The van der Waals surface area contributed by atoms with Crippen molar-refractivity contribution in [2.45, 2.75) is 23.7 Å². The van der Waals surface area contributed by atoms with E-state index in [9.17, 15) is 4.57 Å². The van der Waals surface area contributed by atoms with Gasteiger partial charge in [0, 0.05) is 11.5 Å². The second-order valence-electron chi connectivity index (χ2n) is 5.26. The van der Waals surface area contributed by atoms with Crippen LogP contribution in [-0.4, -0.2) is 9.95 Å². The Labute approximate surface area is 152 Å². The molecule has 6 heteroatoms. The first kappa shape index (κ1) is 18.8. The van der Waals surface area contributed by atoms with Crippen molar-refractivity contribution >= 4 is 47.5 Å². The van der Waals surface area contributed by atoms with Crippen LogP contribution in [0.1, 0.15) is 24.2 Å². The number of rotatable bonds is 5. The van der Waals surface area contributed by atoms with E-state index in [2.05, 4.69) is 0 Å². The van der Waals surface area contributed by atoms with Gasteiger partial charge < -0.3 is 4.52 Å². The van der Waals surface area contributed by atoms with Crippen molar-refractivity contribution in [3.63, 3.8) is 0 Å². The van der Waals surface area contributed by atoms with E-state index in [0.717, 1.165) is 5.56 Å². The number of alkyl halides is 3. The molecule has 2 rings (SSSR count). The molecule has 0 saturated heterocycles. The van der Waals surface area contributed by atoms with Crippen LogP contribution in [0.4, 0.5) is 0 Å². The first-order valence-electron chi connectivity index (χ1n) is 7.22. The Morgan fingerprint density at radius 3 is 2.09 bits per heavy atom. The summed E-state index contributed by atoms with van der Waals surface area (Å²) in [5, 5.41) is 0.626. The fourth-order valence-electron chi connectivity index (χ4n) is 2.20. The van der Waals surface area contributed by atoms with Crippen LogP contribution < -0.4 is 5.30 Å². The third-order valence-corrected chi connectivity index (χ3v) is 6.58. The van der Waals surface area contributed by atoms with Gasteiger partial charge in [-0.2, -0.15) is 0 Å². The van der Waals surface area contributed by atoms with Crippen LogP contribution in [0, 0.1) is 6.92 Å². The van der Waals surface area contributed by atoms with Crippen molar-refractivity contribution in [1.29, 1.82) is 0 Å². The monoisotopic (exact) mass is 390 g/mol. The number of hydrogen-bond donors (Lipinski definition) is 0. The van der Waals surface area contributed by atoms with E-state index in [4.69, 9.17) is 39.3 Å². The molecule has 2 aromatic carbocycles. The van der Waals surface area contributed by atoms with Crippen LogP contribution in [-0.2, 0) is 9.09 Å². The van der Waals surface area contributed by atoms with E-state index in [1.807, 2.05) is 37.3 Å². The standard InChI is InChI=1S/C17H18Cl3O2P/c1-3-23(21,15-11-9-13(2)10-12-15)22-16(17(18,19)20)14-7-5-4-6-8-14/h4-12,16H,3H2,1-2H3. The Morgan fingerprint density at radius 2 is 1.61 bits per heavy atom. The van der Waals surface area contributed by atoms with Gasteiger partial charge in [0.15, 0.2) is 0 Å². The van der Waals surface area contributed by atoms with Gasteiger partial charge in [-0.3, -0.25) is 4.57 Å². The van der Waals surface area contributed by atoms with Crippen LogP contribution in [0.25, 0.3) is 0 Å². The highest BCUT2D eigenvalue weighted by molar-refractivity contribution is 7.67. The van der Waals surface area contributed by atoms with Crippen molar-refractivity contribution < 1.29 is 9.09 Å². The average molecular weight is 392 g/mol. The molecule has 0 N–H and O–H groups in total. The smallest absolute Gasteiger partial charge is 0.232 e. The third kappa shape index (κ3) is 4.75. The molecular weight excluding hydrogens is 374 g/mol. The Balaban J connectivity index is 2.40. The lowest BCUT2D eigenvalue weighted by atomic mass is 10.1. The van der Waals surface area contributed by atoms with Crippen LogP contribution in [0.15, 0.2) is 54.6 Å². The second kappa shape index (κ2) is 7.59. The zero-order valence-corrected chi connectivity index (χ0v) is 16.0. The lowest BCUT2D eigenvalue weighted by Crippen LogP contribution is -2.22. The highest BCUT2D eigenvalue weighted by atomic mass is 35.6. The van der Waals surface area contributed by atoms with Gasteiger partial charge in [-0.25, -0.2) is 0 Å². The molecule has 0 aliphatic carbocycles. The molecule has 0 radical (unpaired) electrons. The Bertz CT molecular complexity index is 681. The van der Waals surface area contributed by atoms with Crippen LogP contribution in [0.5, 0.6) is 0 Å². The summed E-state index contributed by atoms with van der Waals surface area (Å²) in [5.41, 5.74) is 1.76. The van der Waals surface area contributed by atoms with E-state index in [0.29, 0.717) is 17.0 Å². The molecule has 0 spiro atoms. The van der Waals surface area contributed by atoms with Gasteiger partial charge in [0.05, 0.1) is 0 Å². The minimum absolute atomic E-state index is 0.320. The first-order valence-corrected chi connectivity index (χ1v) is 10.2. The Kier molecular flexibility index (Phi) is 6.22.